The van der Waals surface area contributed by atoms with E-state index in [1.807, 2.05) is 0 Å². The zero-order valence-corrected chi connectivity index (χ0v) is 11.4. The number of methoxy groups -OCH3 is 1. The van der Waals surface area contributed by atoms with E-state index < -0.39 is 5.60 Å². The number of nitrogen functional groups attached to an aromatic ring is 1. The highest BCUT2D eigenvalue weighted by molar-refractivity contribution is 7.13. The first-order chi connectivity index (χ1) is 8.43. The van der Waals surface area contributed by atoms with Crippen LogP contribution in [0.3, 0.4) is 0 Å². The van der Waals surface area contributed by atoms with E-state index in [0.717, 1.165) is 0 Å². The fourth-order valence-corrected chi connectivity index (χ4v) is 1.89. The molecule has 1 unspecified atom stereocenters. The molecule has 1 heterocycles. The first kappa shape index (κ1) is 14.9. The van der Waals surface area contributed by atoms with E-state index in [1.165, 1.54) is 11.3 Å². The maximum Gasteiger partial charge on any atom is 0.226 e. The van der Waals surface area contributed by atoms with Crippen LogP contribution >= 0.6 is 11.3 Å². The summed E-state index contributed by atoms with van der Waals surface area (Å²) in [7, 11) is 1.57. The van der Waals surface area contributed by atoms with Crippen molar-refractivity contribution in [1.29, 1.82) is 0 Å². The molecule has 6 nitrogen and oxygen atoms in total. The monoisotopic (exact) mass is 273 g/mol. The average Bonchev–Trinajstić information content (AvgIpc) is 2.70. The van der Waals surface area contributed by atoms with E-state index in [-0.39, 0.29) is 18.9 Å². The Labute approximate surface area is 110 Å². The average molecular weight is 273 g/mol. The molecule has 0 radical (unpaired) electrons. The fourth-order valence-electron chi connectivity index (χ4n) is 1.33. The highest BCUT2D eigenvalue weighted by atomic mass is 32.1. The number of anilines is 1. The molecule has 0 spiro atoms. The number of rotatable bonds is 7. The Morgan fingerprint density at radius 2 is 2.44 bits per heavy atom. The molecule has 4 N–H and O–H groups in total. The molecule has 1 aromatic rings. The van der Waals surface area contributed by atoms with Gasteiger partial charge in [-0.15, -0.1) is 11.3 Å². The standard InChI is InChI=1S/C11H19N3O3S/c1-11(16,3-4-17-2)7-13-9(15)5-8-6-18-10(12)14-8/h6,16H,3-5,7H2,1-2H3,(H2,12,14)(H,13,15). The van der Waals surface area contributed by atoms with E-state index in [0.29, 0.717) is 23.9 Å². The van der Waals surface area contributed by atoms with Crippen molar-refractivity contribution in [3.05, 3.63) is 11.1 Å². The molecule has 0 aliphatic heterocycles. The second-order valence-electron chi connectivity index (χ2n) is 4.37. The summed E-state index contributed by atoms with van der Waals surface area (Å²) in [6.45, 7) is 2.30. The molecule has 1 rings (SSSR count). The summed E-state index contributed by atoms with van der Waals surface area (Å²) in [5, 5.41) is 14.8. The van der Waals surface area contributed by atoms with Crippen LogP contribution in [0.1, 0.15) is 19.0 Å². The summed E-state index contributed by atoms with van der Waals surface area (Å²) in [5.74, 6) is -0.182. The van der Waals surface area contributed by atoms with Crippen LogP contribution in [0.25, 0.3) is 0 Å². The number of hydrogen-bond acceptors (Lipinski definition) is 6. The molecule has 0 aliphatic carbocycles. The lowest BCUT2D eigenvalue weighted by Crippen LogP contribution is -2.41. The van der Waals surface area contributed by atoms with Gasteiger partial charge in [0.15, 0.2) is 5.13 Å². The van der Waals surface area contributed by atoms with Crippen LogP contribution in [0, 0.1) is 0 Å². The Morgan fingerprint density at radius 1 is 1.72 bits per heavy atom. The smallest absolute Gasteiger partial charge is 0.226 e. The Bertz CT molecular complexity index is 393. The van der Waals surface area contributed by atoms with Crippen molar-refractivity contribution in [2.45, 2.75) is 25.4 Å². The van der Waals surface area contributed by atoms with Gasteiger partial charge in [-0.05, 0) is 6.92 Å². The number of carbonyl (C=O) groups excluding carboxylic acids is 1. The summed E-state index contributed by atoms with van der Waals surface area (Å²) in [6.07, 6.45) is 0.640. The number of aliphatic hydroxyl groups is 1. The van der Waals surface area contributed by atoms with Crippen LogP contribution in [0.2, 0.25) is 0 Å². The number of amides is 1. The van der Waals surface area contributed by atoms with Gasteiger partial charge in [-0.2, -0.15) is 0 Å². The predicted octanol–water partition coefficient (Wildman–Crippen LogP) is 0.172. The zero-order chi connectivity index (χ0) is 13.6. The van der Waals surface area contributed by atoms with Crippen molar-refractivity contribution in [3.63, 3.8) is 0 Å². The number of carbonyl (C=O) groups is 1. The maximum absolute atomic E-state index is 11.6. The van der Waals surface area contributed by atoms with E-state index in [1.54, 1.807) is 19.4 Å². The van der Waals surface area contributed by atoms with E-state index >= 15 is 0 Å². The minimum absolute atomic E-state index is 0.175. The molecule has 0 aliphatic rings. The van der Waals surface area contributed by atoms with Crippen LogP contribution in [0.15, 0.2) is 5.38 Å². The Balaban J connectivity index is 2.32. The maximum atomic E-state index is 11.6. The zero-order valence-electron chi connectivity index (χ0n) is 10.6. The summed E-state index contributed by atoms with van der Waals surface area (Å²) in [4.78, 5) is 15.6. The molecular weight excluding hydrogens is 254 g/mol. The first-order valence-corrected chi connectivity index (χ1v) is 6.49. The number of hydrogen-bond donors (Lipinski definition) is 3. The lowest BCUT2D eigenvalue weighted by molar-refractivity contribution is -0.121. The molecule has 102 valence electrons. The molecule has 18 heavy (non-hydrogen) atoms. The quantitative estimate of drug-likeness (QED) is 0.658. The lowest BCUT2D eigenvalue weighted by Gasteiger charge is -2.23. The van der Waals surface area contributed by atoms with Gasteiger partial charge in [0.1, 0.15) is 0 Å². The predicted molar refractivity (Wildman–Crippen MR) is 70.4 cm³/mol. The molecule has 0 bridgehead atoms. The minimum Gasteiger partial charge on any atom is -0.388 e. The largest absolute Gasteiger partial charge is 0.388 e. The van der Waals surface area contributed by atoms with Crippen molar-refractivity contribution in [3.8, 4) is 0 Å². The van der Waals surface area contributed by atoms with Crippen molar-refractivity contribution >= 4 is 22.4 Å². The Morgan fingerprint density at radius 3 is 3.00 bits per heavy atom. The molecule has 1 atom stereocenters. The lowest BCUT2D eigenvalue weighted by atomic mass is 10.0. The van der Waals surface area contributed by atoms with Crippen LogP contribution in [0.5, 0.6) is 0 Å². The summed E-state index contributed by atoms with van der Waals surface area (Å²) < 4.78 is 4.89. The topological polar surface area (TPSA) is 97.5 Å². The van der Waals surface area contributed by atoms with Gasteiger partial charge < -0.3 is 20.9 Å². The molecule has 0 saturated heterocycles. The third-order valence-corrected chi connectivity index (χ3v) is 3.15. The molecule has 1 amide bonds. The second kappa shape index (κ2) is 6.67. The van der Waals surface area contributed by atoms with Gasteiger partial charge in [0.05, 0.1) is 17.7 Å². The SMILES string of the molecule is COCCC(C)(O)CNC(=O)Cc1csc(N)n1. The van der Waals surface area contributed by atoms with Crippen LogP contribution < -0.4 is 11.1 Å². The summed E-state index contributed by atoms with van der Waals surface area (Å²) in [5.41, 5.74) is 5.15. The molecular formula is C11H19N3O3S. The minimum atomic E-state index is -0.966. The van der Waals surface area contributed by atoms with Crippen molar-refractivity contribution < 1.29 is 14.6 Å². The van der Waals surface area contributed by atoms with Crippen molar-refractivity contribution in [2.75, 3.05) is 26.0 Å². The number of aromatic nitrogens is 1. The number of nitrogens with two attached hydrogens (primary N) is 1. The normalized spacial score (nSPS) is 14.2. The van der Waals surface area contributed by atoms with E-state index in [2.05, 4.69) is 10.3 Å². The molecule has 0 aromatic carbocycles. The molecule has 7 heteroatoms. The fraction of sp³-hybridized carbons (Fsp3) is 0.636. The Kier molecular flexibility index (Phi) is 5.52. The first-order valence-electron chi connectivity index (χ1n) is 5.61. The van der Waals surface area contributed by atoms with Crippen molar-refractivity contribution in [2.24, 2.45) is 0 Å². The van der Waals surface area contributed by atoms with Gasteiger partial charge in [0.25, 0.3) is 0 Å². The van der Waals surface area contributed by atoms with Crippen LogP contribution in [0.4, 0.5) is 5.13 Å². The van der Waals surface area contributed by atoms with Gasteiger partial charge in [-0.3, -0.25) is 4.79 Å². The number of nitrogens with zero attached hydrogens (tertiary/aromatic N) is 1. The number of nitrogens with one attached hydrogen (secondary N) is 1. The van der Waals surface area contributed by atoms with Crippen molar-refractivity contribution in [1.82, 2.24) is 10.3 Å². The highest BCUT2D eigenvalue weighted by Gasteiger charge is 2.21. The molecule has 0 saturated carbocycles. The summed E-state index contributed by atoms with van der Waals surface area (Å²) >= 11 is 1.30. The van der Waals surface area contributed by atoms with E-state index in [4.69, 9.17) is 10.5 Å². The number of thiazole rings is 1. The highest BCUT2D eigenvalue weighted by Crippen LogP contribution is 2.11. The molecule has 0 fully saturated rings. The van der Waals surface area contributed by atoms with Gasteiger partial charge >= 0.3 is 0 Å². The molecule has 1 aromatic heterocycles. The number of ether oxygens (including phenoxy) is 1. The van der Waals surface area contributed by atoms with Crippen LogP contribution in [-0.4, -0.2) is 41.9 Å². The third kappa shape index (κ3) is 5.44. The van der Waals surface area contributed by atoms with E-state index in [9.17, 15) is 9.90 Å². The van der Waals surface area contributed by atoms with Crippen LogP contribution in [-0.2, 0) is 16.0 Å². The third-order valence-electron chi connectivity index (χ3n) is 2.42. The van der Waals surface area contributed by atoms with Gasteiger partial charge in [-0.1, -0.05) is 0 Å². The Hall–Kier alpha value is -1.18. The van der Waals surface area contributed by atoms with Gasteiger partial charge in [0, 0.05) is 32.1 Å². The second-order valence-corrected chi connectivity index (χ2v) is 5.26. The van der Waals surface area contributed by atoms with Gasteiger partial charge in [0.2, 0.25) is 5.91 Å². The summed E-state index contributed by atoms with van der Waals surface area (Å²) in [6, 6.07) is 0. The van der Waals surface area contributed by atoms with Gasteiger partial charge in [-0.25, -0.2) is 4.98 Å².